The van der Waals surface area contributed by atoms with E-state index in [4.69, 9.17) is 10.2 Å². The molecule has 1 aliphatic rings. The molecular formula is C10H8O4S2. The van der Waals surface area contributed by atoms with Crippen molar-refractivity contribution in [1.29, 1.82) is 0 Å². The minimum absolute atomic E-state index is 0.0234. The number of carboxylic acid groups (broad SMARTS) is 2. The minimum atomic E-state index is -1.75. The van der Waals surface area contributed by atoms with Crippen molar-refractivity contribution in [3.8, 4) is 0 Å². The Morgan fingerprint density at radius 1 is 1.31 bits per heavy atom. The van der Waals surface area contributed by atoms with Gasteiger partial charge in [0, 0.05) is 16.2 Å². The Bertz CT molecular complexity index is 447. The van der Waals surface area contributed by atoms with Crippen LogP contribution in [0.15, 0.2) is 23.6 Å². The maximum absolute atomic E-state index is 11.0. The van der Waals surface area contributed by atoms with Gasteiger partial charge in [-0.05, 0) is 11.4 Å². The van der Waals surface area contributed by atoms with Crippen LogP contribution in [0.4, 0.5) is 0 Å². The Hall–Kier alpha value is -1.27. The number of rotatable bonds is 3. The third-order valence-corrected chi connectivity index (χ3v) is 4.82. The molecule has 0 bridgehead atoms. The molecule has 0 fully saturated rings. The fourth-order valence-electron chi connectivity index (χ4n) is 1.43. The number of thiophene rings is 1. The maximum atomic E-state index is 11.0. The molecule has 0 aliphatic carbocycles. The third-order valence-electron chi connectivity index (χ3n) is 2.31. The first-order valence-corrected chi connectivity index (χ1v) is 6.16. The van der Waals surface area contributed by atoms with E-state index in [1.165, 1.54) is 11.3 Å². The molecular weight excluding hydrogens is 248 g/mol. The van der Waals surface area contributed by atoms with Gasteiger partial charge in [-0.25, -0.2) is 0 Å². The molecule has 1 aliphatic heterocycles. The maximum Gasteiger partial charge on any atom is 0.332 e. The first-order chi connectivity index (χ1) is 7.56. The van der Waals surface area contributed by atoms with E-state index in [0.29, 0.717) is 0 Å². The summed E-state index contributed by atoms with van der Waals surface area (Å²) in [5, 5.41) is 19.9. The number of aliphatic carboxylic acids is 2. The molecule has 16 heavy (non-hydrogen) atoms. The van der Waals surface area contributed by atoms with Crippen LogP contribution in [0.2, 0.25) is 0 Å². The van der Waals surface area contributed by atoms with Gasteiger partial charge in [-0.15, -0.1) is 11.3 Å². The van der Waals surface area contributed by atoms with Gasteiger partial charge in [0.1, 0.15) is 0 Å². The summed E-state index contributed by atoms with van der Waals surface area (Å²) in [7, 11) is 0. The summed E-state index contributed by atoms with van der Waals surface area (Å²) in [5.41, 5.74) is 0. The molecule has 4 nitrogen and oxygen atoms in total. The van der Waals surface area contributed by atoms with E-state index < -0.39 is 16.7 Å². The van der Waals surface area contributed by atoms with Crippen LogP contribution in [-0.4, -0.2) is 26.9 Å². The van der Waals surface area contributed by atoms with E-state index in [-0.39, 0.29) is 6.42 Å². The van der Waals surface area contributed by atoms with Gasteiger partial charge in [-0.1, -0.05) is 23.9 Å². The zero-order valence-electron chi connectivity index (χ0n) is 8.04. The first kappa shape index (κ1) is 11.2. The number of carboxylic acids is 2. The molecule has 0 atom stereocenters. The van der Waals surface area contributed by atoms with E-state index >= 15 is 0 Å². The molecule has 2 N–H and O–H groups in total. The Morgan fingerprint density at radius 3 is 2.44 bits per heavy atom. The number of hydrogen-bond acceptors (Lipinski definition) is 4. The highest BCUT2D eigenvalue weighted by molar-refractivity contribution is 8.11. The summed E-state index contributed by atoms with van der Waals surface area (Å²) in [5.74, 6) is -2.60. The summed E-state index contributed by atoms with van der Waals surface area (Å²) in [6, 6.07) is 3.70. The van der Waals surface area contributed by atoms with Gasteiger partial charge < -0.3 is 10.2 Å². The average Bonchev–Trinajstić information content (AvgIpc) is 2.87. The molecule has 2 heterocycles. The fraction of sp³-hybridized carbons (Fsp3) is 0.200. The van der Waals surface area contributed by atoms with Gasteiger partial charge in [0.05, 0.1) is 0 Å². The second-order valence-electron chi connectivity index (χ2n) is 3.29. The Balaban J connectivity index is 2.28. The van der Waals surface area contributed by atoms with Gasteiger partial charge in [0.2, 0.25) is 4.75 Å². The predicted molar refractivity (Wildman–Crippen MR) is 62.5 cm³/mol. The molecule has 84 valence electrons. The van der Waals surface area contributed by atoms with Gasteiger partial charge in [-0.3, -0.25) is 9.59 Å². The average molecular weight is 256 g/mol. The SMILES string of the molecule is O=C(O)C1(C(=O)O)CC=C(c2cccs2)S1. The van der Waals surface area contributed by atoms with Crippen molar-refractivity contribution in [1.82, 2.24) is 0 Å². The lowest BCUT2D eigenvalue weighted by atomic mass is 10.1. The third kappa shape index (κ3) is 1.64. The molecule has 6 heteroatoms. The van der Waals surface area contributed by atoms with Crippen LogP contribution < -0.4 is 0 Å². The van der Waals surface area contributed by atoms with Crippen LogP contribution in [0, 0.1) is 0 Å². The van der Waals surface area contributed by atoms with Crippen molar-refractivity contribution >= 4 is 39.9 Å². The molecule has 2 rings (SSSR count). The lowest BCUT2D eigenvalue weighted by Gasteiger charge is -2.17. The van der Waals surface area contributed by atoms with E-state index in [2.05, 4.69) is 0 Å². The van der Waals surface area contributed by atoms with Crippen LogP contribution in [0.1, 0.15) is 11.3 Å². The van der Waals surface area contributed by atoms with Crippen molar-refractivity contribution < 1.29 is 19.8 Å². The molecule has 0 spiro atoms. The van der Waals surface area contributed by atoms with Crippen LogP contribution >= 0.6 is 23.1 Å². The smallest absolute Gasteiger partial charge is 0.332 e. The van der Waals surface area contributed by atoms with Gasteiger partial charge in [-0.2, -0.15) is 0 Å². The summed E-state index contributed by atoms with van der Waals surface area (Å²) < 4.78 is -1.75. The standard InChI is InChI=1S/C10H8O4S2/c11-8(12)10(9(13)14)4-3-7(16-10)6-2-1-5-15-6/h1-3,5H,4H2,(H,11,12)(H,13,14). The normalized spacial score (nSPS) is 18.1. The number of hydrogen-bond donors (Lipinski definition) is 2. The molecule has 0 unspecified atom stereocenters. The van der Waals surface area contributed by atoms with Crippen molar-refractivity contribution in [2.24, 2.45) is 0 Å². The van der Waals surface area contributed by atoms with Crippen molar-refractivity contribution in [2.45, 2.75) is 11.2 Å². The van der Waals surface area contributed by atoms with E-state index in [1.54, 1.807) is 6.08 Å². The zero-order valence-corrected chi connectivity index (χ0v) is 9.68. The second-order valence-corrected chi connectivity index (χ2v) is 5.58. The monoisotopic (exact) mass is 256 g/mol. The predicted octanol–water partition coefficient (Wildman–Crippen LogP) is 2.13. The highest BCUT2D eigenvalue weighted by atomic mass is 32.2. The van der Waals surface area contributed by atoms with Crippen LogP contribution in [0.3, 0.4) is 0 Å². The highest BCUT2D eigenvalue weighted by Crippen LogP contribution is 2.48. The molecule has 0 saturated carbocycles. The quantitative estimate of drug-likeness (QED) is 0.810. The second kappa shape index (κ2) is 3.95. The first-order valence-electron chi connectivity index (χ1n) is 4.46. The Labute approximate surface area is 99.6 Å². The lowest BCUT2D eigenvalue weighted by Crippen LogP contribution is -2.41. The molecule has 0 amide bonds. The van der Waals surface area contributed by atoms with Crippen LogP contribution in [0.25, 0.3) is 4.91 Å². The van der Waals surface area contributed by atoms with Crippen LogP contribution in [0.5, 0.6) is 0 Å². The van der Waals surface area contributed by atoms with E-state index in [1.807, 2.05) is 17.5 Å². The van der Waals surface area contributed by atoms with E-state index in [0.717, 1.165) is 21.5 Å². The zero-order chi connectivity index (χ0) is 11.8. The van der Waals surface area contributed by atoms with Crippen molar-refractivity contribution in [3.63, 3.8) is 0 Å². The number of thioether (sulfide) groups is 1. The minimum Gasteiger partial charge on any atom is -0.480 e. The molecule has 1 aromatic heterocycles. The molecule has 0 aromatic carbocycles. The Morgan fingerprint density at radius 2 is 2.00 bits per heavy atom. The topological polar surface area (TPSA) is 74.6 Å². The largest absolute Gasteiger partial charge is 0.480 e. The van der Waals surface area contributed by atoms with Gasteiger partial charge in [0.15, 0.2) is 0 Å². The molecule has 0 saturated heterocycles. The van der Waals surface area contributed by atoms with Crippen LogP contribution in [-0.2, 0) is 9.59 Å². The number of allylic oxidation sites excluding steroid dienone is 1. The molecule has 1 aromatic rings. The number of carbonyl (C=O) groups is 2. The van der Waals surface area contributed by atoms with Gasteiger partial charge in [0.25, 0.3) is 0 Å². The van der Waals surface area contributed by atoms with Crippen molar-refractivity contribution in [2.75, 3.05) is 0 Å². The summed E-state index contributed by atoms with van der Waals surface area (Å²) in [4.78, 5) is 23.7. The van der Waals surface area contributed by atoms with E-state index in [9.17, 15) is 9.59 Å². The fourth-order valence-corrected chi connectivity index (χ4v) is 3.41. The van der Waals surface area contributed by atoms with Gasteiger partial charge >= 0.3 is 11.9 Å². The Kier molecular flexibility index (Phi) is 2.77. The molecule has 0 radical (unpaired) electrons. The summed E-state index contributed by atoms with van der Waals surface area (Å²) >= 11 is 2.37. The van der Waals surface area contributed by atoms with Crippen molar-refractivity contribution in [3.05, 3.63) is 28.5 Å². The lowest BCUT2D eigenvalue weighted by molar-refractivity contribution is -0.151. The summed E-state index contributed by atoms with van der Waals surface area (Å²) in [6.07, 6.45) is 1.70. The summed E-state index contributed by atoms with van der Waals surface area (Å²) in [6.45, 7) is 0. The highest BCUT2D eigenvalue weighted by Gasteiger charge is 2.50.